The van der Waals surface area contributed by atoms with E-state index in [0.717, 1.165) is 78.0 Å². The molecule has 1 atom stereocenters. The molecule has 0 saturated carbocycles. The largest absolute Gasteiger partial charge is 0.379 e. The number of fused-ring (bicyclic) bond motifs is 1. The van der Waals surface area contributed by atoms with E-state index in [2.05, 4.69) is 51.2 Å². The van der Waals surface area contributed by atoms with Gasteiger partial charge in [-0.1, -0.05) is 24.3 Å². The summed E-state index contributed by atoms with van der Waals surface area (Å²) in [5, 5.41) is 3.52. The number of ether oxygens (including phenoxy) is 1. The lowest BCUT2D eigenvalue weighted by molar-refractivity contribution is 0.0195. The molecular weight excluding hydrogens is 489 g/mol. The van der Waals surface area contributed by atoms with E-state index < -0.39 is 0 Å². The van der Waals surface area contributed by atoms with Crippen molar-refractivity contribution in [2.75, 3.05) is 65.6 Å². The van der Waals surface area contributed by atoms with Crippen molar-refractivity contribution in [1.29, 1.82) is 0 Å². The summed E-state index contributed by atoms with van der Waals surface area (Å²) in [4.78, 5) is 12.6. The van der Waals surface area contributed by atoms with Crippen molar-refractivity contribution in [2.45, 2.75) is 38.8 Å². The Hall–Kier alpha value is -0.900. The summed E-state index contributed by atoms with van der Waals surface area (Å²) in [7, 11) is 0. The normalized spacial score (nSPS) is 23.2. The predicted octanol–water partition coefficient (Wildman–Crippen LogP) is 2.42. The number of guanidine groups is 1. The Kier molecular flexibility index (Phi) is 9.67. The smallest absolute Gasteiger partial charge is 0.193 e. The van der Waals surface area contributed by atoms with Gasteiger partial charge >= 0.3 is 0 Å². The molecule has 1 unspecified atom stereocenters. The molecule has 168 valence electrons. The number of benzene rings is 1. The fraction of sp³-hybridized carbons (Fsp3) is 0.696. The third-order valence-electron chi connectivity index (χ3n) is 6.46. The molecule has 0 aliphatic carbocycles. The van der Waals surface area contributed by atoms with Crippen LogP contribution in [0.4, 0.5) is 0 Å². The zero-order valence-corrected chi connectivity index (χ0v) is 20.7. The molecular formula is C23H38IN5O. The van der Waals surface area contributed by atoms with E-state index in [1.165, 1.54) is 30.5 Å². The summed E-state index contributed by atoms with van der Waals surface area (Å²) in [6, 6.07) is 9.53. The van der Waals surface area contributed by atoms with E-state index in [1.807, 2.05) is 0 Å². The molecule has 2 fully saturated rings. The molecule has 0 spiro atoms. The van der Waals surface area contributed by atoms with E-state index in [0.29, 0.717) is 6.04 Å². The number of hydrogen-bond donors (Lipinski definition) is 1. The number of hydrogen-bond acceptors (Lipinski definition) is 4. The first-order chi connectivity index (χ1) is 14.3. The van der Waals surface area contributed by atoms with Crippen molar-refractivity contribution in [2.24, 2.45) is 4.99 Å². The highest BCUT2D eigenvalue weighted by Crippen LogP contribution is 2.19. The minimum Gasteiger partial charge on any atom is -0.379 e. The molecule has 3 heterocycles. The lowest BCUT2D eigenvalue weighted by Crippen LogP contribution is -2.46. The second-order valence-electron chi connectivity index (χ2n) is 8.42. The van der Waals surface area contributed by atoms with Gasteiger partial charge in [-0.25, -0.2) is 0 Å². The number of morpholine rings is 1. The fourth-order valence-corrected chi connectivity index (χ4v) is 4.82. The van der Waals surface area contributed by atoms with Crippen molar-refractivity contribution >= 4 is 29.9 Å². The van der Waals surface area contributed by atoms with Crippen molar-refractivity contribution < 1.29 is 4.74 Å². The van der Waals surface area contributed by atoms with Gasteiger partial charge in [0.25, 0.3) is 0 Å². The fourth-order valence-electron chi connectivity index (χ4n) is 4.82. The predicted molar refractivity (Wildman–Crippen MR) is 134 cm³/mol. The van der Waals surface area contributed by atoms with Gasteiger partial charge in [0, 0.05) is 64.9 Å². The van der Waals surface area contributed by atoms with Crippen LogP contribution in [-0.2, 0) is 17.7 Å². The van der Waals surface area contributed by atoms with Crippen molar-refractivity contribution in [3.05, 3.63) is 35.4 Å². The summed E-state index contributed by atoms with van der Waals surface area (Å²) in [5.74, 6) is 1.10. The van der Waals surface area contributed by atoms with Crippen LogP contribution in [-0.4, -0.2) is 92.3 Å². The second kappa shape index (κ2) is 12.2. The van der Waals surface area contributed by atoms with Crippen molar-refractivity contribution in [3.8, 4) is 0 Å². The van der Waals surface area contributed by atoms with E-state index in [1.54, 1.807) is 0 Å². The third-order valence-corrected chi connectivity index (χ3v) is 6.46. The molecule has 4 rings (SSSR count). The van der Waals surface area contributed by atoms with Crippen LogP contribution in [0.15, 0.2) is 29.3 Å². The maximum atomic E-state index is 5.51. The van der Waals surface area contributed by atoms with Gasteiger partial charge in [0.15, 0.2) is 5.96 Å². The van der Waals surface area contributed by atoms with Crippen LogP contribution in [0.2, 0.25) is 0 Å². The first kappa shape index (κ1) is 23.8. The molecule has 0 aromatic heterocycles. The van der Waals surface area contributed by atoms with E-state index >= 15 is 0 Å². The molecule has 1 N–H and O–H groups in total. The molecule has 0 radical (unpaired) electrons. The van der Waals surface area contributed by atoms with Crippen LogP contribution in [0.3, 0.4) is 0 Å². The van der Waals surface area contributed by atoms with Crippen LogP contribution in [0.5, 0.6) is 0 Å². The maximum Gasteiger partial charge on any atom is 0.193 e. The first-order valence-corrected chi connectivity index (χ1v) is 11.5. The number of nitrogens with one attached hydrogen (secondary N) is 1. The second-order valence-corrected chi connectivity index (χ2v) is 8.42. The molecule has 2 saturated heterocycles. The molecule has 1 aromatic carbocycles. The topological polar surface area (TPSA) is 43.3 Å². The van der Waals surface area contributed by atoms with Crippen LogP contribution in [0.25, 0.3) is 0 Å². The van der Waals surface area contributed by atoms with E-state index in [-0.39, 0.29) is 24.0 Å². The molecule has 3 aliphatic heterocycles. The summed E-state index contributed by atoms with van der Waals surface area (Å²) in [5.41, 5.74) is 3.03. The van der Waals surface area contributed by atoms with Crippen LogP contribution >= 0.6 is 24.0 Å². The number of aliphatic imine (C=N–C) groups is 1. The van der Waals surface area contributed by atoms with Gasteiger partial charge in [-0.05, 0) is 37.3 Å². The van der Waals surface area contributed by atoms with Gasteiger partial charge in [-0.2, -0.15) is 0 Å². The Morgan fingerprint density at radius 3 is 2.73 bits per heavy atom. The van der Waals surface area contributed by atoms with Gasteiger partial charge < -0.3 is 15.0 Å². The van der Waals surface area contributed by atoms with Crippen molar-refractivity contribution in [1.82, 2.24) is 20.0 Å². The third kappa shape index (κ3) is 6.31. The maximum absolute atomic E-state index is 5.51. The molecule has 6 nitrogen and oxygen atoms in total. The minimum atomic E-state index is 0. The van der Waals surface area contributed by atoms with Crippen LogP contribution in [0.1, 0.15) is 30.9 Å². The van der Waals surface area contributed by atoms with Gasteiger partial charge in [0.2, 0.25) is 0 Å². The minimum absolute atomic E-state index is 0. The SMILES string of the molecule is CCNC(=NCCCN1CCc2ccccc2C1)N1CCC(N2CCOCC2)C1.I. The highest BCUT2D eigenvalue weighted by atomic mass is 127. The molecule has 0 amide bonds. The van der Waals surface area contributed by atoms with Gasteiger partial charge in [-0.15, -0.1) is 24.0 Å². The molecule has 7 heteroatoms. The average molecular weight is 527 g/mol. The monoisotopic (exact) mass is 527 g/mol. The molecule has 3 aliphatic rings. The molecule has 30 heavy (non-hydrogen) atoms. The Labute approximate surface area is 199 Å². The van der Waals surface area contributed by atoms with Gasteiger partial charge in [0.05, 0.1) is 13.2 Å². The lowest BCUT2D eigenvalue weighted by Gasteiger charge is -2.32. The zero-order valence-electron chi connectivity index (χ0n) is 18.4. The Balaban J connectivity index is 0.00000256. The molecule has 1 aromatic rings. The summed E-state index contributed by atoms with van der Waals surface area (Å²) in [6.07, 6.45) is 3.54. The number of rotatable bonds is 6. The number of halogens is 1. The Bertz CT molecular complexity index is 679. The standard InChI is InChI=1S/C23H37N5O.HI/c1-2-24-23(28-13-9-22(19-28)27-14-16-29-17-15-27)25-10-5-11-26-12-8-20-6-3-4-7-21(20)18-26;/h3-4,6-7,22H,2,5,8-19H2,1H3,(H,24,25);1H. The van der Waals surface area contributed by atoms with Crippen LogP contribution < -0.4 is 5.32 Å². The number of nitrogens with zero attached hydrogens (tertiary/aromatic N) is 4. The Morgan fingerprint density at radius 1 is 1.13 bits per heavy atom. The zero-order chi connectivity index (χ0) is 19.9. The Morgan fingerprint density at radius 2 is 1.93 bits per heavy atom. The highest BCUT2D eigenvalue weighted by Gasteiger charge is 2.30. The average Bonchev–Trinajstić information content (AvgIpc) is 3.26. The van der Waals surface area contributed by atoms with E-state index in [9.17, 15) is 0 Å². The summed E-state index contributed by atoms with van der Waals surface area (Å²) < 4.78 is 5.51. The number of likely N-dealkylation sites (tertiary alicyclic amines) is 1. The van der Waals surface area contributed by atoms with E-state index in [4.69, 9.17) is 9.73 Å². The van der Waals surface area contributed by atoms with Gasteiger partial charge in [-0.3, -0.25) is 14.8 Å². The molecule has 0 bridgehead atoms. The highest BCUT2D eigenvalue weighted by molar-refractivity contribution is 14.0. The lowest BCUT2D eigenvalue weighted by atomic mass is 10.00. The van der Waals surface area contributed by atoms with Crippen LogP contribution in [0, 0.1) is 0 Å². The summed E-state index contributed by atoms with van der Waals surface area (Å²) >= 11 is 0. The summed E-state index contributed by atoms with van der Waals surface area (Å²) in [6.45, 7) is 13.5. The quantitative estimate of drug-likeness (QED) is 0.267. The van der Waals surface area contributed by atoms with Gasteiger partial charge in [0.1, 0.15) is 0 Å². The first-order valence-electron chi connectivity index (χ1n) is 11.5. The van der Waals surface area contributed by atoms with Crippen molar-refractivity contribution in [3.63, 3.8) is 0 Å².